The maximum Gasteiger partial charge on any atom is 0.433 e. The van der Waals surface area contributed by atoms with Crippen LogP contribution in [0.25, 0.3) is 21.7 Å². The number of hydrogen-bond acceptors (Lipinski definition) is 4. The van der Waals surface area contributed by atoms with Crippen molar-refractivity contribution in [3.63, 3.8) is 0 Å². The van der Waals surface area contributed by atoms with Crippen LogP contribution in [0.3, 0.4) is 0 Å². The van der Waals surface area contributed by atoms with Crippen LogP contribution in [-0.4, -0.2) is 37.3 Å². The number of anilines is 1. The molecule has 5 rings (SSSR count). The second kappa shape index (κ2) is 8.34. The van der Waals surface area contributed by atoms with Crippen molar-refractivity contribution in [2.24, 2.45) is 5.14 Å². The molecule has 35 heavy (non-hydrogen) atoms. The fourth-order valence-corrected chi connectivity index (χ4v) is 5.50. The van der Waals surface area contributed by atoms with Crippen molar-refractivity contribution in [1.82, 2.24) is 9.29 Å². The maximum absolute atomic E-state index is 13.5. The van der Waals surface area contributed by atoms with Crippen molar-refractivity contribution in [2.45, 2.75) is 11.6 Å². The van der Waals surface area contributed by atoms with Crippen LogP contribution in [0.2, 0.25) is 5.02 Å². The summed E-state index contributed by atoms with van der Waals surface area (Å²) in [6.45, 7) is 0.348. The Bertz CT molecular complexity index is 1550. The normalized spacial score (nSPS) is 16.4. The van der Waals surface area contributed by atoms with Gasteiger partial charge in [0, 0.05) is 41.1 Å². The van der Waals surface area contributed by atoms with Gasteiger partial charge >= 0.3 is 6.18 Å². The van der Waals surface area contributed by atoms with E-state index in [1.165, 1.54) is 12.1 Å². The molecular formula is C24H20ClF3N4O2S. The molecule has 1 saturated heterocycles. The average Bonchev–Trinajstić information content (AvgIpc) is 2.76. The molecule has 11 heteroatoms. The van der Waals surface area contributed by atoms with Gasteiger partial charge in [-0.25, -0.2) is 10.1 Å². The molecule has 1 fully saturated rings. The third kappa shape index (κ3) is 4.54. The van der Waals surface area contributed by atoms with Crippen LogP contribution in [0.4, 0.5) is 18.9 Å². The van der Waals surface area contributed by atoms with Crippen molar-refractivity contribution in [1.29, 1.82) is 0 Å². The Labute approximate surface area is 204 Å². The molecule has 0 bridgehead atoms. The van der Waals surface area contributed by atoms with E-state index in [9.17, 15) is 21.6 Å². The molecule has 4 aromatic rings. The van der Waals surface area contributed by atoms with E-state index in [2.05, 4.69) is 10.3 Å². The molecule has 1 aromatic heterocycles. The van der Waals surface area contributed by atoms with Gasteiger partial charge in [0.15, 0.2) is 0 Å². The highest BCUT2D eigenvalue weighted by molar-refractivity contribution is 7.86. The van der Waals surface area contributed by atoms with Crippen molar-refractivity contribution in [3.05, 3.63) is 83.0 Å². The van der Waals surface area contributed by atoms with E-state index in [4.69, 9.17) is 16.7 Å². The highest BCUT2D eigenvalue weighted by Gasteiger charge is 2.48. The Morgan fingerprint density at radius 3 is 2.43 bits per heavy atom. The quantitative estimate of drug-likeness (QED) is 0.390. The topological polar surface area (TPSA) is 88.3 Å². The number of halogens is 4. The minimum atomic E-state index is -4.64. The van der Waals surface area contributed by atoms with Gasteiger partial charge in [0.25, 0.3) is 10.2 Å². The lowest BCUT2D eigenvalue weighted by Gasteiger charge is -2.49. The molecule has 0 aliphatic carbocycles. The number of rotatable bonds is 5. The molecule has 0 unspecified atom stereocenters. The molecule has 3 aromatic carbocycles. The Hall–Kier alpha value is -2.92. The second-order valence-electron chi connectivity index (χ2n) is 8.72. The lowest BCUT2D eigenvalue weighted by Crippen LogP contribution is -2.65. The minimum Gasteiger partial charge on any atom is -0.383 e. The van der Waals surface area contributed by atoms with Crippen molar-refractivity contribution in [3.8, 4) is 0 Å². The smallest absolute Gasteiger partial charge is 0.383 e. The Morgan fingerprint density at radius 1 is 1.03 bits per heavy atom. The van der Waals surface area contributed by atoms with E-state index in [0.29, 0.717) is 10.4 Å². The maximum atomic E-state index is 13.5. The van der Waals surface area contributed by atoms with Gasteiger partial charge in [-0.3, -0.25) is 0 Å². The van der Waals surface area contributed by atoms with Crippen molar-refractivity contribution < 1.29 is 21.6 Å². The van der Waals surface area contributed by atoms with Gasteiger partial charge < -0.3 is 5.32 Å². The summed E-state index contributed by atoms with van der Waals surface area (Å²) in [6, 6.07) is 19.0. The third-order valence-electron chi connectivity index (χ3n) is 6.36. The summed E-state index contributed by atoms with van der Waals surface area (Å²) in [7, 11) is -3.91. The van der Waals surface area contributed by atoms with Crippen LogP contribution in [0.1, 0.15) is 11.3 Å². The first kappa shape index (κ1) is 23.8. The summed E-state index contributed by atoms with van der Waals surface area (Å²) in [6.07, 6.45) is -4.64. The SMILES string of the molecule is NS(=O)(=O)N1CC(CNc2cc(C(F)(F)F)nc3ccc(Cl)cc23)(c2ccc3ccccc3c2)C1. The minimum absolute atomic E-state index is 0.0904. The molecule has 2 heterocycles. The van der Waals surface area contributed by atoms with Crippen LogP contribution in [0, 0.1) is 0 Å². The van der Waals surface area contributed by atoms with Gasteiger partial charge in [0.05, 0.1) is 5.52 Å². The number of fused-ring (bicyclic) bond motifs is 2. The number of pyridine rings is 1. The molecule has 0 spiro atoms. The number of nitrogens with one attached hydrogen (secondary N) is 1. The molecule has 0 amide bonds. The summed E-state index contributed by atoms with van der Waals surface area (Å²) in [5.41, 5.74) is -0.529. The molecular weight excluding hydrogens is 501 g/mol. The number of nitrogens with two attached hydrogens (primary N) is 1. The van der Waals surface area contributed by atoms with Crippen molar-refractivity contribution in [2.75, 3.05) is 25.0 Å². The fraction of sp³-hybridized carbons (Fsp3) is 0.208. The first-order valence-corrected chi connectivity index (χ1v) is 12.5. The van der Waals surface area contributed by atoms with E-state index in [-0.39, 0.29) is 30.8 Å². The largest absolute Gasteiger partial charge is 0.433 e. The molecule has 0 saturated carbocycles. The summed E-state index contributed by atoms with van der Waals surface area (Å²) in [5, 5.41) is 11.2. The summed E-state index contributed by atoms with van der Waals surface area (Å²) in [4.78, 5) is 3.74. The third-order valence-corrected chi connectivity index (χ3v) is 7.57. The number of nitrogens with zero attached hydrogens (tertiary/aromatic N) is 2. The van der Waals surface area contributed by atoms with Crippen LogP contribution in [0.5, 0.6) is 0 Å². The Morgan fingerprint density at radius 2 is 1.74 bits per heavy atom. The predicted molar refractivity (Wildman–Crippen MR) is 131 cm³/mol. The first-order valence-electron chi connectivity index (χ1n) is 10.6. The van der Waals surface area contributed by atoms with Crippen LogP contribution >= 0.6 is 11.6 Å². The Kier molecular flexibility index (Phi) is 5.67. The van der Waals surface area contributed by atoms with Gasteiger partial charge in [0.1, 0.15) is 5.69 Å². The monoisotopic (exact) mass is 520 g/mol. The Balaban J connectivity index is 1.55. The molecule has 0 atom stereocenters. The molecule has 6 nitrogen and oxygen atoms in total. The highest BCUT2D eigenvalue weighted by atomic mass is 35.5. The zero-order chi connectivity index (χ0) is 25.0. The zero-order valence-electron chi connectivity index (χ0n) is 18.2. The van der Waals surface area contributed by atoms with Gasteiger partial charge in [0.2, 0.25) is 0 Å². The number of benzene rings is 3. The van der Waals surface area contributed by atoms with Gasteiger partial charge in [-0.05, 0) is 40.6 Å². The molecule has 3 N–H and O–H groups in total. The van der Waals surface area contributed by atoms with Crippen LogP contribution in [-0.2, 0) is 21.8 Å². The predicted octanol–water partition coefficient (Wildman–Crippen LogP) is 4.93. The van der Waals surface area contributed by atoms with Gasteiger partial charge in [-0.1, -0.05) is 54.1 Å². The number of alkyl halides is 3. The molecule has 1 aliphatic rings. The fourth-order valence-electron chi connectivity index (χ4n) is 4.48. The average molecular weight is 521 g/mol. The highest BCUT2D eigenvalue weighted by Crippen LogP contribution is 2.39. The van der Waals surface area contributed by atoms with Crippen LogP contribution in [0.15, 0.2) is 66.7 Å². The van der Waals surface area contributed by atoms with E-state index in [0.717, 1.165) is 26.7 Å². The first-order chi connectivity index (χ1) is 16.4. The summed E-state index contributed by atoms with van der Waals surface area (Å²) >= 11 is 6.10. The standard InChI is InChI=1S/C24H20ClF3N4O2S/c25-18-7-8-20-19(10-18)21(11-22(31-20)24(26,27)28)30-12-23(13-32(14-23)35(29,33)34)17-6-5-15-3-1-2-4-16(15)9-17/h1-11H,12-14H2,(H,30,31)(H2,29,33,34). The van der Waals surface area contributed by atoms with Crippen molar-refractivity contribution >= 4 is 49.2 Å². The zero-order valence-corrected chi connectivity index (χ0v) is 19.8. The van der Waals surface area contributed by atoms with E-state index >= 15 is 0 Å². The number of aromatic nitrogens is 1. The van der Waals surface area contributed by atoms with E-state index in [1.54, 1.807) is 6.07 Å². The lowest BCUT2D eigenvalue weighted by molar-refractivity contribution is -0.140. The van der Waals surface area contributed by atoms with E-state index in [1.807, 2.05) is 42.5 Å². The second-order valence-corrected chi connectivity index (χ2v) is 10.7. The lowest BCUT2D eigenvalue weighted by atomic mass is 9.74. The van der Waals surface area contributed by atoms with E-state index < -0.39 is 27.5 Å². The summed E-state index contributed by atoms with van der Waals surface area (Å²) in [5.74, 6) is 0. The van der Waals surface area contributed by atoms with Gasteiger partial charge in [-0.2, -0.15) is 25.9 Å². The van der Waals surface area contributed by atoms with Crippen LogP contribution < -0.4 is 10.5 Å². The van der Waals surface area contributed by atoms with Gasteiger partial charge in [-0.15, -0.1) is 0 Å². The summed E-state index contributed by atoms with van der Waals surface area (Å²) < 4.78 is 65.5. The molecule has 1 aliphatic heterocycles. The molecule has 182 valence electrons. The number of hydrogen-bond donors (Lipinski definition) is 2. The molecule has 0 radical (unpaired) electrons.